The number of hydrogen-bond donors (Lipinski definition) is 2. The predicted octanol–water partition coefficient (Wildman–Crippen LogP) is 1.77. The molecule has 3 nitrogen and oxygen atoms in total. The minimum atomic E-state index is 0.145. The van der Waals surface area contributed by atoms with Crippen molar-refractivity contribution >= 4 is 27.3 Å². The number of anilines is 2. The molecule has 3 N–H and O–H groups in total. The molecule has 1 aromatic rings. The van der Waals surface area contributed by atoms with E-state index < -0.39 is 0 Å². The van der Waals surface area contributed by atoms with Crippen LogP contribution in [0.1, 0.15) is 5.56 Å². The highest BCUT2D eigenvalue weighted by molar-refractivity contribution is 9.10. The standard InChI is InChI=1S/C10H15BrN2O/c1-7-5-10(13(2)3-4-14)8(11)6-9(7)12/h5-6,14H,3-4,12H2,1-2H3. The first-order valence-electron chi connectivity index (χ1n) is 4.44. The highest BCUT2D eigenvalue weighted by atomic mass is 79.9. The van der Waals surface area contributed by atoms with Crippen LogP contribution in [0.5, 0.6) is 0 Å². The van der Waals surface area contributed by atoms with Gasteiger partial charge in [0.25, 0.3) is 0 Å². The van der Waals surface area contributed by atoms with Crippen LogP contribution in [-0.2, 0) is 0 Å². The minimum absolute atomic E-state index is 0.145. The molecule has 78 valence electrons. The van der Waals surface area contributed by atoms with Crippen molar-refractivity contribution in [1.29, 1.82) is 0 Å². The van der Waals surface area contributed by atoms with Gasteiger partial charge in [0.15, 0.2) is 0 Å². The van der Waals surface area contributed by atoms with E-state index in [-0.39, 0.29) is 6.61 Å². The molecule has 1 rings (SSSR count). The number of aliphatic hydroxyl groups is 1. The van der Waals surface area contributed by atoms with Crippen LogP contribution >= 0.6 is 15.9 Å². The summed E-state index contributed by atoms with van der Waals surface area (Å²) in [5.41, 5.74) is 8.64. The Balaban J connectivity index is 3.02. The van der Waals surface area contributed by atoms with Gasteiger partial charge in [-0.2, -0.15) is 0 Å². The van der Waals surface area contributed by atoms with Crippen LogP contribution in [0.25, 0.3) is 0 Å². The fourth-order valence-corrected chi connectivity index (χ4v) is 1.91. The van der Waals surface area contributed by atoms with Crippen LogP contribution in [0.4, 0.5) is 11.4 Å². The summed E-state index contributed by atoms with van der Waals surface area (Å²) in [4.78, 5) is 1.98. The van der Waals surface area contributed by atoms with Crippen molar-refractivity contribution in [1.82, 2.24) is 0 Å². The summed E-state index contributed by atoms with van der Waals surface area (Å²) in [6, 6.07) is 3.90. The molecule has 0 spiro atoms. The van der Waals surface area contributed by atoms with Crippen molar-refractivity contribution in [2.24, 2.45) is 0 Å². The number of nitrogens with zero attached hydrogens (tertiary/aromatic N) is 1. The summed E-state index contributed by atoms with van der Waals surface area (Å²) >= 11 is 3.45. The summed E-state index contributed by atoms with van der Waals surface area (Å²) in [5.74, 6) is 0. The van der Waals surface area contributed by atoms with E-state index >= 15 is 0 Å². The lowest BCUT2D eigenvalue weighted by Crippen LogP contribution is -2.21. The lowest BCUT2D eigenvalue weighted by molar-refractivity contribution is 0.304. The predicted molar refractivity (Wildman–Crippen MR) is 63.6 cm³/mol. The molecule has 0 bridgehead atoms. The second-order valence-corrected chi connectivity index (χ2v) is 4.16. The lowest BCUT2D eigenvalue weighted by atomic mass is 10.2. The van der Waals surface area contributed by atoms with Crippen molar-refractivity contribution in [3.05, 3.63) is 22.2 Å². The van der Waals surface area contributed by atoms with Crippen LogP contribution in [0.2, 0.25) is 0 Å². The summed E-state index contributed by atoms with van der Waals surface area (Å²) in [7, 11) is 1.94. The van der Waals surface area contributed by atoms with Gasteiger partial charge in [-0.05, 0) is 40.5 Å². The zero-order valence-electron chi connectivity index (χ0n) is 8.42. The molecule has 0 unspecified atom stereocenters. The van der Waals surface area contributed by atoms with Gasteiger partial charge in [-0.15, -0.1) is 0 Å². The molecule has 14 heavy (non-hydrogen) atoms. The van der Waals surface area contributed by atoms with Crippen molar-refractivity contribution in [2.75, 3.05) is 30.8 Å². The first-order chi connectivity index (χ1) is 6.56. The zero-order valence-corrected chi connectivity index (χ0v) is 10.0. The fourth-order valence-electron chi connectivity index (χ4n) is 1.24. The number of rotatable bonds is 3. The van der Waals surface area contributed by atoms with E-state index in [4.69, 9.17) is 10.8 Å². The molecular formula is C10H15BrN2O. The maximum absolute atomic E-state index is 8.83. The summed E-state index contributed by atoms with van der Waals surface area (Å²) in [5, 5.41) is 8.83. The quantitative estimate of drug-likeness (QED) is 0.813. The Hall–Kier alpha value is -0.740. The smallest absolute Gasteiger partial charge is 0.0606 e. The maximum Gasteiger partial charge on any atom is 0.0606 e. The summed E-state index contributed by atoms with van der Waals surface area (Å²) < 4.78 is 0.955. The van der Waals surface area contributed by atoms with E-state index in [1.54, 1.807) is 0 Å². The lowest BCUT2D eigenvalue weighted by Gasteiger charge is -2.20. The molecule has 0 aliphatic heterocycles. The molecule has 0 aliphatic carbocycles. The minimum Gasteiger partial charge on any atom is -0.398 e. The molecule has 0 aliphatic rings. The van der Waals surface area contributed by atoms with Crippen molar-refractivity contribution in [2.45, 2.75) is 6.92 Å². The highest BCUT2D eigenvalue weighted by Crippen LogP contribution is 2.29. The Kier molecular flexibility index (Phi) is 3.77. The van der Waals surface area contributed by atoms with Gasteiger partial charge in [-0.25, -0.2) is 0 Å². The Labute approximate surface area is 92.7 Å². The number of aliphatic hydroxyl groups excluding tert-OH is 1. The van der Waals surface area contributed by atoms with Gasteiger partial charge in [0.1, 0.15) is 0 Å². The van der Waals surface area contributed by atoms with Gasteiger partial charge in [-0.3, -0.25) is 0 Å². The second-order valence-electron chi connectivity index (χ2n) is 3.31. The van der Waals surface area contributed by atoms with Gasteiger partial charge in [-0.1, -0.05) is 0 Å². The molecule has 0 saturated heterocycles. The van der Waals surface area contributed by atoms with Gasteiger partial charge in [0.2, 0.25) is 0 Å². The normalized spacial score (nSPS) is 10.3. The van der Waals surface area contributed by atoms with E-state index in [1.807, 2.05) is 31.0 Å². The third-order valence-electron chi connectivity index (χ3n) is 2.18. The van der Waals surface area contributed by atoms with Gasteiger partial charge >= 0.3 is 0 Å². The van der Waals surface area contributed by atoms with Gasteiger partial charge < -0.3 is 15.7 Å². The monoisotopic (exact) mass is 258 g/mol. The molecule has 0 aromatic heterocycles. The molecular weight excluding hydrogens is 244 g/mol. The first kappa shape index (κ1) is 11.3. The molecule has 4 heteroatoms. The zero-order chi connectivity index (χ0) is 10.7. The van der Waals surface area contributed by atoms with E-state index in [0.29, 0.717) is 6.54 Å². The molecule has 0 saturated carbocycles. The van der Waals surface area contributed by atoms with Crippen molar-refractivity contribution in [3.8, 4) is 0 Å². The van der Waals surface area contributed by atoms with E-state index in [0.717, 1.165) is 21.4 Å². The number of hydrogen-bond acceptors (Lipinski definition) is 3. The fraction of sp³-hybridized carbons (Fsp3) is 0.400. The number of nitrogens with two attached hydrogens (primary N) is 1. The van der Waals surface area contributed by atoms with Crippen molar-refractivity contribution < 1.29 is 5.11 Å². The van der Waals surface area contributed by atoms with Gasteiger partial charge in [0, 0.05) is 23.8 Å². The van der Waals surface area contributed by atoms with E-state index in [9.17, 15) is 0 Å². The number of likely N-dealkylation sites (N-methyl/N-ethyl adjacent to an activating group) is 1. The number of nitrogen functional groups attached to an aromatic ring is 1. The Bertz CT molecular complexity index is 328. The first-order valence-corrected chi connectivity index (χ1v) is 5.23. The van der Waals surface area contributed by atoms with Crippen LogP contribution in [-0.4, -0.2) is 25.3 Å². The average molecular weight is 259 g/mol. The molecule has 1 aromatic carbocycles. The third kappa shape index (κ3) is 2.39. The summed E-state index contributed by atoms with van der Waals surface area (Å²) in [6.07, 6.45) is 0. The molecule has 0 fully saturated rings. The average Bonchev–Trinajstić information content (AvgIpc) is 2.11. The maximum atomic E-state index is 8.83. The Morgan fingerprint density at radius 3 is 2.71 bits per heavy atom. The molecule has 0 radical (unpaired) electrons. The Morgan fingerprint density at radius 2 is 2.14 bits per heavy atom. The van der Waals surface area contributed by atoms with Crippen LogP contribution in [0.3, 0.4) is 0 Å². The molecule has 0 atom stereocenters. The largest absolute Gasteiger partial charge is 0.398 e. The van der Waals surface area contributed by atoms with Crippen LogP contribution < -0.4 is 10.6 Å². The van der Waals surface area contributed by atoms with E-state index in [1.165, 1.54) is 0 Å². The van der Waals surface area contributed by atoms with Crippen LogP contribution in [0.15, 0.2) is 16.6 Å². The van der Waals surface area contributed by atoms with E-state index in [2.05, 4.69) is 15.9 Å². The SMILES string of the molecule is Cc1cc(N(C)CCO)c(Br)cc1N. The molecule has 0 heterocycles. The van der Waals surface area contributed by atoms with Gasteiger partial charge in [0.05, 0.1) is 12.3 Å². The second kappa shape index (κ2) is 4.66. The highest BCUT2D eigenvalue weighted by Gasteiger charge is 2.07. The topological polar surface area (TPSA) is 49.5 Å². The summed E-state index contributed by atoms with van der Waals surface area (Å²) in [6.45, 7) is 2.73. The number of halogens is 1. The number of benzene rings is 1. The van der Waals surface area contributed by atoms with Crippen molar-refractivity contribution in [3.63, 3.8) is 0 Å². The molecule has 0 amide bonds. The Morgan fingerprint density at radius 1 is 1.50 bits per heavy atom. The van der Waals surface area contributed by atoms with Crippen LogP contribution in [0, 0.1) is 6.92 Å². The third-order valence-corrected chi connectivity index (χ3v) is 2.82. The number of aryl methyl sites for hydroxylation is 1.